The van der Waals surface area contributed by atoms with Gasteiger partial charge in [-0.25, -0.2) is 0 Å². The first-order valence-electron chi connectivity index (χ1n) is 38.6. The molecule has 0 heteroatoms. The molecule has 20 spiro atoms. The smallest absolute Gasteiger partial charge is 0.000395 e. The minimum Gasteiger partial charge on any atom is -0.0622 e. The standard InChI is InChI=1S/C42H26.C37H62/c1-5-13-14-6-2-11-19-22-20-12-4-8-16-15-7-3-10-18-21-17-9(1)23(5)27(13)28(14)24(6,11)33(19)36(22)34(20)26(8,12)30(16)29(15)25(7,10)32(18)35(21)31(17,23)37(27)38(28,33)42(36)40(30,34)39(29,32)41(35,37)42;1-19-10-8-12-26-14-28-16-30-18-31-17-29-15-27-13-9-11-20(2)33(27)22(4)35(29)24(6)37(31)25(7)36(30)23(5)34(28)21(3)32(19)26/h5-22H,1-4H2;19-37H,8-18H2,1-7H3. The van der Waals surface area contributed by atoms with E-state index in [1.165, 1.54) is 132 Å². The molecule has 0 aromatic carbocycles. The summed E-state index contributed by atoms with van der Waals surface area (Å²) >= 11 is 0. The molecule has 79 heavy (non-hydrogen) atoms. The average Bonchev–Trinajstić information content (AvgIpc) is 0.428. The van der Waals surface area contributed by atoms with E-state index < -0.39 is 0 Å². The van der Waals surface area contributed by atoms with Crippen LogP contribution in [0.3, 0.4) is 0 Å². The summed E-state index contributed by atoms with van der Waals surface area (Å²) < 4.78 is 0. The summed E-state index contributed by atoms with van der Waals surface area (Å²) in [7, 11) is 0. The third kappa shape index (κ3) is 1.42. The van der Waals surface area contributed by atoms with Crippen molar-refractivity contribution >= 4 is 0 Å². The molecule has 0 saturated heterocycles. The van der Waals surface area contributed by atoms with Gasteiger partial charge in [0.05, 0.1) is 0 Å². The first kappa shape index (κ1) is 37.0. The van der Waals surface area contributed by atoms with Crippen LogP contribution >= 0.6 is 0 Å². The number of hydrogen-bond acceptors (Lipinski definition) is 0. The van der Waals surface area contributed by atoms with Crippen molar-refractivity contribution in [3.63, 3.8) is 0 Å². The first-order valence-corrected chi connectivity index (χ1v) is 38.6. The Morgan fingerprint density at radius 2 is 0.456 bits per heavy atom. The topological polar surface area (TPSA) is 0 Å². The highest BCUT2D eigenvalue weighted by Crippen LogP contribution is 3.68. The quantitative estimate of drug-likeness (QED) is 0.227. The molecular weight excluding hydrogens is 949 g/mol. The molecule has 50 atom stereocenters. The minimum absolute atomic E-state index is 0.970. The van der Waals surface area contributed by atoms with E-state index in [4.69, 9.17) is 0 Å². The van der Waals surface area contributed by atoms with Gasteiger partial charge in [-0.05, 0) is 385 Å². The Bertz CT molecular complexity index is 3500. The summed E-state index contributed by atoms with van der Waals surface area (Å²) in [5.41, 5.74) is 22.7. The van der Waals surface area contributed by atoms with Gasteiger partial charge in [0.25, 0.3) is 0 Å². The van der Waals surface area contributed by atoms with Crippen molar-refractivity contribution in [2.45, 2.75) is 145 Å². The monoisotopic (exact) mass is 1040 g/mol. The van der Waals surface area contributed by atoms with E-state index in [9.17, 15) is 0 Å². The van der Waals surface area contributed by atoms with Crippen molar-refractivity contribution < 1.29 is 0 Å². The Morgan fingerprint density at radius 3 is 0.747 bits per heavy atom. The van der Waals surface area contributed by atoms with Crippen molar-refractivity contribution in [3.8, 4) is 0 Å². The Morgan fingerprint density at radius 1 is 0.215 bits per heavy atom. The van der Waals surface area contributed by atoms with Crippen LogP contribution in [-0.2, 0) is 0 Å². The zero-order valence-electron chi connectivity index (χ0n) is 49.0. The third-order valence-corrected chi connectivity index (χ3v) is 52.5. The van der Waals surface area contributed by atoms with E-state index in [0.717, 1.165) is 221 Å². The largest absolute Gasteiger partial charge is 0.0622 e. The molecule has 0 bridgehead atoms. The Kier molecular flexibility index (Phi) is 3.58. The molecule has 0 aliphatic heterocycles. The highest BCUT2D eigenvalue weighted by atomic mass is 15.7. The molecule has 404 valence electrons. The van der Waals surface area contributed by atoms with E-state index in [0.29, 0.717) is 0 Å². The van der Waals surface area contributed by atoms with Crippen LogP contribution in [0.5, 0.6) is 0 Å². The van der Waals surface area contributed by atoms with Crippen LogP contribution in [0.2, 0.25) is 0 Å². The fraction of sp³-hybridized carbons (Fsp3) is 1.00. The lowest BCUT2D eigenvalue weighted by molar-refractivity contribution is -1.21. The van der Waals surface area contributed by atoms with E-state index in [-0.39, 0.29) is 0 Å². The predicted molar refractivity (Wildman–Crippen MR) is 287 cm³/mol. The summed E-state index contributed by atoms with van der Waals surface area (Å²) in [6.45, 7) is 19.1. The predicted octanol–water partition coefficient (Wildman–Crippen LogP) is 14.0. The van der Waals surface area contributed by atoms with Gasteiger partial charge >= 0.3 is 0 Å². The maximum absolute atomic E-state index is 2.79. The van der Waals surface area contributed by atoms with Crippen LogP contribution in [0.4, 0.5) is 0 Å². The molecule has 0 amide bonds. The van der Waals surface area contributed by atoms with Gasteiger partial charge < -0.3 is 0 Å². The average molecular weight is 1040 g/mol. The van der Waals surface area contributed by atoms with Crippen LogP contribution < -0.4 is 0 Å². The molecule has 37 saturated carbocycles. The summed E-state index contributed by atoms with van der Waals surface area (Å²) in [6.07, 6.45) is 24.6. The Balaban J connectivity index is 0.0000000907. The molecule has 0 aromatic heterocycles. The molecule has 0 nitrogen and oxygen atoms in total. The molecule has 0 N–H and O–H groups in total. The highest BCUT2D eigenvalue weighted by molar-refractivity contribution is 6.11. The molecule has 0 aromatic rings. The van der Waals surface area contributed by atoms with Crippen molar-refractivity contribution in [1.82, 2.24) is 0 Å². The first-order chi connectivity index (χ1) is 38.6. The molecule has 37 fully saturated rings. The van der Waals surface area contributed by atoms with Gasteiger partial charge in [-0.15, -0.1) is 0 Å². The van der Waals surface area contributed by atoms with Gasteiger partial charge in [0, 0.05) is 0 Å². The Labute approximate surface area is 469 Å². The number of fused-ring (bicyclic) bond motifs is 20. The van der Waals surface area contributed by atoms with Crippen LogP contribution in [0.15, 0.2) is 0 Å². The zero-order chi connectivity index (χ0) is 49.0. The molecule has 0 radical (unpaired) electrons. The minimum atomic E-state index is 0.970. The zero-order valence-corrected chi connectivity index (χ0v) is 49.0. The van der Waals surface area contributed by atoms with Crippen LogP contribution in [0.25, 0.3) is 0 Å². The second-order valence-electron chi connectivity index (χ2n) is 44.4. The molecule has 37 rings (SSSR count). The van der Waals surface area contributed by atoms with Crippen LogP contribution in [0, 0.1) is 327 Å². The van der Waals surface area contributed by atoms with Crippen LogP contribution in [0.1, 0.15) is 145 Å². The van der Waals surface area contributed by atoms with Gasteiger partial charge in [-0.3, -0.25) is 0 Å². The van der Waals surface area contributed by atoms with Gasteiger partial charge in [0.15, 0.2) is 0 Å². The summed E-state index contributed by atoms with van der Waals surface area (Å²) in [6, 6.07) is 0. The van der Waals surface area contributed by atoms with Gasteiger partial charge in [-0.1, -0.05) is 87.0 Å². The maximum atomic E-state index is 2.79. The SMILES string of the molecule is C1C2C3C4C5CC6C7C8C9C%10CC%11C%12C%13C%14CC%15C%16C%17C%18C1C21C32C43C56C74C85C96C%11%10C%127C%138C%14%15C%169C%17%10C%181C21C34C52C76C89C%1012.CC1CCCC2CC3CC4CC5CC6CC7CCCC(C)C7C(C)C6C(C)C5C(C)C4C(C)C3C(C)C12. The lowest BCUT2D eigenvalue weighted by Gasteiger charge is -3.65. The van der Waals surface area contributed by atoms with Crippen molar-refractivity contribution in [2.24, 2.45) is 327 Å². The summed E-state index contributed by atoms with van der Waals surface area (Å²) in [5.74, 6) is 44.4. The van der Waals surface area contributed by atoms with E-state index in [1.54, 1.807) is 44.9 Å². The van der Waals surface area contributed by atoms with E-state index in [1.807, 2.05) is 25.7 Å². The molecular formula is C79H88. The molecule has 50 unspecified atom stereocenters. The lowest BCUT2D eigenvalue weighted by atomic mass is 8.36. The Hall–Kier alpha value is 0. The van der Waals surface area contributed by atoms with Gasteiger partial charge in [0.2, 0.25) is 0 Å². The summed E-state index contributed by atoms with van der Waals surface area (Å²) in [4.78, 5) is 0. The third-order valence-electron chi connectivity index (χ3n) is 52.5. The second-order valence-corrected chi connectivity index (χ2v) is 44.4. The summed E-state index contributed by atoms with van der Waals surface area (Å²) in [5, 5.41) is 0. The fourth-order valence-corrected chi connectivity index (χ4v) is 61.9. The van der Waals surface area contributed by atoms with Gasteiger partial charge in [0.1, 0.15) is 0 Å². The number of hydrogen-bond donors (Lipinski definition) is 0. The fourth-order valence-electron chi connectivity index (χ4n) is 61.9. The molecule has 37 aliphatic carbocycles. The van der Waals surface area contributed by atoms with Crippen molar-refractivity contribution in [1.29, 1.82) is 0 Å². The van der Waals surface area contributed by atoms with Crippen molar-refractivity contribution in [2.75, 3.05) is 0 Å². The number of rotatable bonds is 0. The van der Waals surface area contributed by atoms with E-state index >= 15 is 0 Å². The normalized spacial score (nSPS) is 104. The van der Waals surface area contributed by atoms with E-state index in [2.05, 4.69) is 48.5 Å². The second kappa shape index (κ2) is 7.64. The molecule has 37 aliphatic rings. The highest BCUT2D eigenvalue weighted by Gasteiger charge is 3.67. The van der Waals surface area contributed by atoms with Crippen molar-refractivity contribution in [3.05, 3.63) is 0 Å². The maximum Gasteiger partial charge on any atom is -0.000395 e. The van der Waals surface area contributed by atoms with Gasteiger partial charge in [-0.2, -0.15) is 0 Å². The molecule has 0 heterocycles. The lowest BCUT2D eigenvalue weighted by Crippen LogP contribution is -3.65. The van der Waals surface area contributed by atoms with Crippen LogP contribution in [-0.4, -0.2) is 0 Å².